The van der Waals surface area contributed by atoms with Crippen molar-refractivity contribution >= 4 is 27.5 Å². The molecular weight excluding hydrogens is 302 g/mol. The van der Waals surface area contributed by atoms with Crippen molar-refractivity contribution in [2.24, 2.45) is 0 Å². The van der Waals surface area contributed by atoms with Crippen LogP contribution < -0.4 is 16.0 Å². The molecule has 1 aromatic carbocycles. The van der Waals surface area contributed by atoms with E-state index >= 15 is 0 Å². The molecule has 0 spiro atoms. The lowest BCUT2D eigenvalue weighted by Gasteiger charge is -2.07. The summed E-state index contributed by atoms with van der Waals surface area (Å²) in [7, 11) is -4.06. The monoisotopic (exact) mass is 313 g/mol. The molecule has 0 aliphatic carbocycles. The first kappa shape index (κ1) is 14.4. The molecular formula is C11H11N3O4S2. The molecule has 9 heteroatoms. The van der Waals surface area contributed by atoms with Crippen LogP contribution in [0.15, 0.2) is 49.8 Å². The van der Waals surface area contributed by atoms with E-state index in [1.807, 2.05) is 17.3 Å². The van der Waals surface area contributed by atoms with Gasteiger partial charge in [-0.1, -0.05) is 6.07 Å². The maximum Gasteiger partial charge on any atom is 0.325 e. The Labute approximate surface area is 118 Å². The van der Waals surface area contributed by atoms with E-state index in [-0.39, 0.29) is 0 Å². The van der Waals surface area contributed by atoms with Gasteiger partial charge < -0.3 is 4.98 Å². The number of thioether (sulfide) groups is 1. The number of H-pyrrole nitrogens is 2. The smallest absolute Gasteiger partial charge is 0.313 e. The van der Waals surface area contributed by atoms with Crippen LogP contribution in [0.25, 0.3) is 0 Å². The maximum atomic E-state index is 12.1. The average Bonchev–Trinajstić information content (AvgIpc) is 2.37. The van der Waals surface area contributed by atoms with Crippen LogP contribution in [0.1, 0.15) is 0 Å². The third-order valence-corrected chi connectivity index (χ3v) is 4.51. The molecule has 0 bridgehead atoms. The van der Waals surface area contributed by atoms with E-state index in [1.165, 1.54) is 11.8 Å². The summed E-state index contributed by atoms with van der Waals surface area (Å²) < 4.78 is 26.4. The molecule has 0 amide bonds. The van der Waals surface area contributed by atoms with Gasteiger partial charge in [0, 0.05) is 16.8 Å². The average molecular weight is 313 g/mol. The molecule has 0 unspecified atom stereocenters. The van der Waals surface area contributed by atoms with Crippen molar-refractivity contribution < 1.29 is 8.42 Å². The van der Waals surface area contributed by atoms with Crippen molar-refractivity contribution in [1.29, 1.82) is 0 Å². The number of hydrogen-bond acceptors (Lipinski definition) is 5. The van der Waals surface area contributed by atoms with E-state index in [1.54, 1.807) is 18.2 Å². The molecule has 2 aromatic rings. The van der Waals surface area contributed by atoms with Gasteiger partial charge in [0.1, 0.15) is 0 Å². The molecule has 1 heterocycles. The topological polar surface area (TPSA) is 112 Å². The Morgan fingerprint density at radius 2 is 2.00 bits per heavy atom. The SMILES string of the molecule is CSc1cccc(NS(=O)(=O)c2c[nH]c(=O)[nH]c2=O)c1. The van der Waals surface area contributed by atoms with Gasteiger partial charge in [-0.3, -0.25) is 14.5 Å². The van der Waals surface area contributed by atoms with Gasteiger partial charge >= 0.3 is 5.69 Å². The molecule has 0 atom stereocenters. The van der Waals surface area contributed by atoms with Crippen LogP contribution in [0, 0.1) is 0 Å². The van der Waals surface area contributed by atoms with Crippen LogP contribution in [-0.2, 0) is 10.0 Å². The summed E-state index contributed by atoms with van der Waals surface area (Å²) in [5.74, 6) is 0. The minimum absolute atomic E-state index is 0.336. The molecule has 0 radical (unpaired) electrons. The molecule has 0 aliphatic heterocycles. The standard InChI is InChI=1S/C11H11N3O4S2/c1-19-8-4-2-3-7(5-8)14-20(17,18)9-6-12-11(16)13-10(9)15/h2-6,14H,1H3,(H2,12,13,15,16). The highest BCUT2D eigenvalue weighted by Gasteiger charge is 2.18. The number of sulfonamides is 1. The predicted octanol–water partition coefficient (Wildman–Crippen LogP) is 0.586. The Kier molecular flexibility index (Phi) is 4.00. The van der Waals surface area contributed by atoms with Crippen molar-refractivity contribution in [2.45, 2.75) is 9.79 Å². The summed E-state index contributed by atoms with van der Waals surface area (Å²) in [5.41, 5.74) is -1.40. The molecule has 0 aliphatic rings. The molecule has 0 fully saturated rings. The number of aromatic amines is 2. The maximum absolute atomic E-state index is 12.1. The molecule has 0 saturated heterocycles. The van der Waals surface area contributed by atoms with Crippen molar-refractivity contribution in [2.75, 3.05) is 11.0 Å². The molecule has 2 rings (SSSR count). The van der Waals surface area contributed by atoms with Gasteiger partial charge in [0.15, 0.2) is 4.90 Å². The summed E-state index contributed by atoms with van der Waals surface area (Å²) in [5, 5.41) is 0. The molecule has 1 aromatic heterocycles. The van der Waals surface area contributed by atoms with Gasteiger partial charge in [-0.2, -0.15) is 0 Å². The lowest BCUT2D eigenvalue weighted by molar-refractivity contribution is 0.599. The van der Waals surface area contributed by atoms with E-state index in [0.29, 0.717) is 5.69 Å². The summed E-state index contributed by atoms with van der Waals surface area (Å²) in [4.78, 5) is 26.7. The fourth-order valence-electron chi connectivity index (χ4n) is 1.49. The number of anilines is 1. The van der Waals surface area contributed by atoms with E-state index in [2.05, 4.69) is 9.71 Å². The molecule has 106 valence electrons. The Balaban J connectivity index is 2.40. The Hall–Kier alpha value is -2.00. The third-order valence-electron chi connectivity index (χ3n) is 2.40. The zero-order valence-electron chi connectivity index (χ0n) is 10.3. The molecule has 0 saturated carbocycles. The lowest BCUT2D eigenvalue weighted by Crippen LogP contribution is -2.29. The highest BCUT2D eigenvalue weighted by molar-refractivity contribution is 7.98. The van der Waals surface area contributed by atoms with E-state index in [4.69, 9.17) is 0 Å². The molecule has 7 nitrogen and oxygen atoms in total. The zero-order valence-corrected chi connectivity index (χ0v) is 12.0. The minimum Gasteiger partial charge on any atom is -0.313 e. The largest absolute Gasteiger partial charge is 0.325 e. The van der Waals surface area contributed by atoms with Crippen molar-refractivity contribution in [3.63, 3.8) is 0 Å². The van der Waals surface area contributed by atoms with E-state index in [0.717, 1.165) is 11.1 Å². The van der Waals surface area contributed by atoms with Gasteiger partial charge in [-0.05, 0) is 24.5 Å². The number of nitrogens with one attached hydrogen (secondary N) is 3. The Bertz CT molecular complexity index is 839. The normalized spacial score (nSPS) is 11.2. The number of rotatable bonds is 4. The Morgan fingerprint density at radius 3 is 2.65 bits per heavy atom. The lowest BCUT2D eigenvalue weighted by atomic mass is 10.3. The number of aromatic nitrogens is 2. The zero-order chi connectivity index (χ0) is 14.8. The number of benzene rings is 1. The fourth-order valence-corrected chi connectivity index (χ4v) is 3.01. The Morgan fingerprint density at radius 1 is 1.25 bits per heavy atom. The van der Waals surface area contributed by atoms with Crippen molar-refractivity contribution in [3.05, 3.63) is 51.3 Å². The van der Waals surface area contributed by atoms with Crippen LogP contribution in [0.3, 0.4) is 0 Å². The highest BCUT2D eigenvalue weighted by atomic mass is 32.2. The summed E-state index contributed by atoms with van der Waals surface area (Å²) >= 11 is 1.46. The fraction of sp³-hybridized carbons (Fsp3) is 0.0909. The van der Waals surface area contributed by atoms with Gasteiger partial charge in [0.25, 0.3) is 15.6 Å². The second-order valence-corrected chi connectivity index (χ2v) is 6.30. The predicted molar refractivity (Wildman–Crippen MR) is 76.7 cm³/mol. The summed E-state index contributed by atoms with van der Waals surface area (Å²) in [6.45, 7) is 0. The van der Waals surface area contributed by atoms with Crippen molar-refractivity contribution in [3.8, 4) is 0 Å². The van der Waals surface area contributed by atoms with Gasteiger partial charge in [0.05, 0.1) is 0 Å². The van der Waals surface area contributed by atoms with Gasteiger partial charge in [-0.15, -0.1) is 11.8 Å². The van der Waals surface area contributed by atoms with Crippen LogP contribution in [0.4, 0.5) is 5.69 Å². The second kappa shape index (κ2) is 5.55. The molecule has 20 heavy (non-hydrogen) atoms. The quantitative estimate of drug-likeness (QED) is 0.715. The molecule has 3 N–H and O–H groups in total. The minimum atomic E-state index is -4.06. The summed E-state index contributed by atoms with van der Waals surface area (Å²) in [6.07, 6.45) is 2.72. The highest BCUT2D eigenvalue weighted by Crippen LogP contribution is 2.20. The number of hydrogen-bond donors (Lipinski definition) is 3. The van der Waals surface area contributed by atoms with Gasteiger partial charge in [0.2, 0.25) is 0 Å². The van der Waals surface area contributed by atoms with Crippen LogP contribution >= 0.6 is 11.8 Å². The first-order chi connectivity index (χ1) is 9.42. The first-order valence-electron chi connectivity index (χ1n) is 5.41. The third kappa shape index (κ3) is 3.11. The van der Waals surface area contributed by atoms with E-state index < -0.39 is 26.2 Å². The van der Waals surface area contributed by atoms with Crippen LogP contribution in [-0.4, -0.2) is 24.6 Å². The van der Waals surface area contributed by atoms with Crippen molar-refractivity contribution in [1.82, 2.24) is 9.97 Å². The second-order valence-electron chi connectivity index (χ2n) is 3.77. The van der Waals surface area contributed by atoms with Crippen LogP contribution in [0.5, 0.6) is 0 Å². The van der Waals surface area contributed by atoms with Crippen LogP contribution in [0.2, 0.25) is 0 Å². The van der Waals surface area contributed by atoms with E-state index in [9.17, 15) is 18.0 Å². The van der Waals surface area contributed by atoms with Gasteiger partial charge in [-0.25, -0.2) is 13.2 Å². The summed E-state index contributed by atoms with van der Waals surface area (Å²) in [6, 6.07) is 6.73. The first-order valence-corrected chi connectivity index (χ1v) is 8.12.